The molecular formula is C15H23N3O2. The minimum absolute atomic E-state index is 0.0691. The molecule has 1 atom stereocenters. The van der Waals surface area contributed by atoms with E-state index < -0.39 is 11.8 Å². The molecule has 0 saturated carbocycles. The lowest BCUT2D eigenvalue weighted by Gasteiger charge is -2.27. The largest absolute Gasteiger partial charge is 0.368 e. The molecule has 4 N–H and O–H groups in total. The summed E-state index contributed by atoms with van der Waals surface area (Å²) >= 11 is 0. The fourth-order valence-corrected chi connectivity index (χ4v) is 2.15. The number of nitrogens with two attached hydrogens (primary N) is 2. The molecule has 1 aromatic carbocycles. The second-order valence-electron chi connectivity index (χ2n) is 5.28. The smallest absolute Gasteiger partial charge is 0.237 e. The molecule has 0 fully saturated rings. The third-order valence-corrected chi connectivity index (χ3v) is 2.98. The molecule has 0 spiro atoms. The van der Waals surface area contributed by atoms with Crippen LogP contribution >= 0.6 is 0 Å². The average molecular weight is 277 g/mol. The number of rotatable bonds is 7. The van der Waals surface area contributed by atoms with E-state index in [1.165, 1.54) is 4.90 Å². The highest BCUT2D eigenvalue weighted by molar-refractivity contribution is 5.88. The van der Waals surface area contributed by atoms with Gasteiger partial charge in [-0.1, -0.05) is 44.2 Å². The van der Waals surface area contributed by atoms with Gasteiger partial charge in [-0.25, -0.2) is 0 Å². The van der Waals surface area contributed by atoms with Gasteiger partial charge in [0.15, 0.2) is 0 Å². The highest BCUT2D eigenvalue weighted by atomic mass is 16.2. The number of nitrogens with zero attached hydrogens (tertiary/aromatic N) is 1. The first kappa shape index (κ1) is 16.2. The SMILES string of the molecule is CC(C)CN(CC(N)=O)C(=O)C(CN)c1ccccc1. The summed E-state index contributed by atoms with van der Waals surface area (Å²) in [4.78, 5) is 25.2. The maximum Gasteiger partial charge on any atom is 0.237 e. The van der Waals surface area contributed by atoms with Crippen molar-refractivity contribution in [3.63, 3.8) is 0 Å². The van der Waals surface area contributed by atoms with Gasteiger partial charge in [-0.15, -0.1) is 0 Å². The van der Waals surface area contributed by atoms with E-state index in [1.54, 1.807) is 0 Å². The topological polar surface area (TPSA) is 89.4 Å². The van der Waals surface area contributed by atoms with E-state index in [-0.39, 0.29) is 24.9 Å². The molecule has 0 bridgehead atoms. The van der Waals surface area contributed by atoms with Crippen LogP contribution < -0.4 is 11.5 Å². The summed E-state index contributed by atoms with van der Waals surface area (Å²) in [6.07, 6.45) is 0. The van der Waals surface area contributed by atoms with E-state index in [1.807, 2.05) is 44.2 Å². The van der Waals surface area contributed by atoms with Gasteiger partial charge >= 0.3 is 0 Å². The summed E-state index contributed by atoms with van der Waals surface area (Å²) < 4.78 is 0. The van der Waals surface area contributed by atoms with E-state index in [0.717, 1.165) is 5.56 Å². The Morgan fingerprint density at radius 2 is 1.80 bits per heavy atom. The Labute approximate surface area is 119 Å². The summed E-state index contributed by atoms with van der Waals surface area (Å²) in [7, 11) is 0. The number of benzene rings is 1. The predicted octanol–water partition coefficient (Wildman–Crippen LogP) is 0.699. The molecule has 1 aromatic rings. The van der Waals surface area contributed by atoms with E-state index >= 15 is 0 Å². The van der Waals surface area contributed by atoms with Gasteiger partial charge in [0.2, 0.25) is 11.8 Å². The van der Waals surface area contributed by atoms with Crippen LogP contribution in [0.4, 0.5) is 0 Å². The monoisotopic (exact) mass is 277 g/mol. The lowest BCUT2D eigenvalue weighted by atomic mass is 9.97. The molecule has 1 rings (SSSR count). The first-order valence-electron chi connectivity index (χ1n) is 6.77. The second kappa shape index (κ2) is 7.65. The molecule has 0 aliphatic carbocycles. The van der Waals surface area contributed by atoms with E-state index in [2.05, 4.69) is 0 Å². The van der Waals surface area contributed by atoms with Gasteiger partial charge in [0.1, 0.15) is 0 Å². The lowest BCUT2D eigenvalue weighted by molar-refractivity contribution is -0.136. The summed E-state index contributed by atoms with van der Waals surface area (Å²) in [5.41, 5.74) is 11.8. The Kier molecular flexibility index (Phi) is 6.18. The van der Waals surface area contributed by atoms with Crippen molar-refractivity contribution in [3.8, 4) is 0 Å². The molecule has 1 unspecified atom stereocenters. The van der Waals surface area contributed by atoms with Crippen molar-refractivity contribution >= 4 is 11.8 Å². The van der Waals surface area contributed by atoms with Crippen molar-refractivity contribution in [2.24, 2.45) is 17.4 Å². The van der Waals surface area contributed by atoms with Crippen molar-refractivity contribution in [1.82, 2.24) is 4.90 Å². The first-order valence-corrected chi connectivity index (χ1v) is 6.77. The zero-order valence-electron chi connectivity index (χ0n) is 12.1. The van der Waals surface area contributed by atoms with Crippen LogP contribution in [0.15, 0.2) is 30.3 Å². The molecule has 0 saturated heterocycles. The normalized spacial score (nSPS) is 12.2. The minimum atomic E-state index is -0.511. The summed E-state index contributed by atoms with van der Waals surface area (Å²) in [6.45, 7) is 4.60. The Hall–Kier alpha value is -1.88. The maximum atomic E-state index is 12.6. The Morgan fingerprint density at radius 1 is 1.20 bits per heavy atom. The van der Waals surface area contributed by atoms with Crippen molar-refractivity contribution in [3.05, 3.63) is 35.9 Å². The zero-order chi connectivity index (χ0) is 15.1. The number of carbonyl (C=O) groups excluding carboxylic acids is 2. The van der Waals surface area contributed by atoms with Gasteiger partial charge in [0.25, 0.3) is 0 Å². The molecule has 20 heavy (non-hydrogen) atoms. The standard InChI is InChI=1S/C15H23N3O2/c1-11(2)9-18(10-14(17)19)15(20)13(8-16)12-6-4-3-5-7-12/h3-7,11,13H,8-10,16H2,1-2H3,(H2,17,19). The van der Waals surface area contributed by atoms with Crippen molar-refractivity contribution in [2.75, 3.05) is 19.6 Å². The highest BCUT2D eigenvalue weighted by Gasteiger charge is 2.26. The molecule has 0 aromatic heterocycles. The Bertz CT molecular complexity index is 446. The van der Waals surface area contributed by atoms with Crippen LogP contribution in [0, 0.1) is 5.92 Å². The number of hydrogen-bond acceptors (Lipinski definition) is 3. The second-order valence-corrected chi connectivity index (χ2v) is 5.28. The van der Waals surface area contributed by atoms with Crippen LogP contribution in [-0.2, 0) is 9.59 Å². The maximum absolute atomic E-state index is 12.6. The summed E-state index contributed by atoms with van der Waals surface area (Å²) in [5, 5.41) is 0. The molecule has 0 heterocycles. The Balaban J connectivity index is 2.93. The van der Waals surface area contributed by atoms with Crippen LogP contribution in [0.2, 0.25) is 0 Å². The first-order chi connectivity index (χ1) is 9.45. The molecule has 0 aliphatic heterocycles. The third-order valence-electron chi connectivity index (χ3n) is 2.98. The number of amides is 2. The molecule has 2 amide bonds. The van der Waals surface area contributed by atoms with Crippen molar-refractivity contribution < 1.29 is 9.59 Å². The molecular weight excluding hydrogens is 254 g/mol. The van der Waals surface area contributed by atoms with Gasteiger partial charge in [-0.05, 0) is 11.5 Å². The lowest BCUT2D eigenvalue weighted by Crippen LogP contribution is -2.44. The van der Waals surface area contributed by atoms with Crippen molar-refractivity contribution in [2.45, 2.75) is 19.8 Å². The van der Waals surface area contributed by atoms with Gasteiger partial charge in [-0.3, -0.25) is 9.59 Å². The molecule has 0 aliphatic rings. The Morgan fingerprint density at radius 3 is 2.25 bits per heavy atom. The zero-order valence-corrected chi connectivity index (χ0v) is 12.1. The van der Waals surface area contributed by atoms with Crippen LogP contribution in [0.1, 0.15) is 25.3 Å². The van der Waals surface area contributed by atoms with Crippen LogP contribution in [0.25, 0.3) is 0 Å². The quantitative estimate of drug-likeness (QED) is 0.768. The fourth-order valence-electron chi connectivity index (χ4n) is 2.15. The minimum Gasteiger partial charge on any atom is -0.368 e. The molecule has 5 heteroatoms. The highest BCUT2D eigenvalue weighted by Crippen LogP contribution is 2.18. The van der Waals surface area contributed by atoms with Crippen LogP contribution in [0.5, 0.6) is 0 Å². The predicted molar refractivity (Wildman–Crippen MR) is 78.8 cm³/mol. The van der Waals surface area contributed by atoms with Gasteiger partial charge < -0.3 is 16.4 Å². The van der Waals surface area contributed by atoms with Crippen molar-refractivity contribution in [1.29, 1.82) is 0 Å². The fraction of sp³-hybridized carbons (Fsp3) is 0.467. The molecule has 110 valence electrons. The van der Waals surface area contributed by atoms with Gasteiger partial charge in [0.05, 0.1) is 12.5 Å². The van der Waals surface area contributed by atoms with E-state index in [0.29, 0.717) is 6.54 Å². The van der Waals surface area contributed by atoms with Crippen LogP contribution in [0.3, 0.4) is 0 Å². The van der Waals surface area contributed by atoms with Crippen LogP contribution in [-0.4, -0.2) is 36.3 Å². The number of carbonyl (C=O) groups is 2. The van der Waals surface area contributed by atoms with Gasteiger partial charge in [0, 0.05) is 13.1 Å². The summed E-state index contributed by atoms with van der Waals surface area (Å²) in [5.74, 6) is -0.837. The van der Waals surface area contributed by atoms with E-state index in [4.69, 9.17) is 11.5 Å². The van der Waals surface area contributed by atoms with E-state index in [9.17, 15) is 9.59 Å². The average Bonchev–Trinajstić information content (AvgIpc) is 2.39. The number of hydrogen-bond donors (Lipinski definition) is 2. The molecule has 0 radical (unpaired) electrons. The van der Waals surface area contributed by atoms with Gasteiger partial charge in [-0.2, -0.15) is 0 Å². The number of primary amides is 1. The third kappa shape index (κ3) is 4.66. The molecule has 5 nitrogen and oxygen atoms in total. The summed E-state index contributed by atoms with van der Waals surface area (Å²) in [6, 6.07) is 9.36.